The van der Waals surface area contributed by atoms with Crippen LogP contribution >= 0.6 is 0 Å². The van der Waals surface area contributed by atoms with Crippen molar-refractivity contribution in [3.05, 3.63) is 65.7 Å². The molecule has 0 spiro atoms. The maximum atomic E-state index is 10.3. The molecule has 0 saturated carbocycles. The van der Waals surface area contributed by atoms with E-state index in [4.69, 9.17) is 14.6 Å². The second-order valence-corrected chi connectivity index (χ2v) is 5.95. The molecule has 0 saturated heterocycles. The lowest BCUT2D eigenvalue weighted by molar-refractivity contribution is 0.0705. The van der Waals surface area contributed by atoms with Gasteiger partial charge in [0.1, 0.15) is 12.4 Å². The molecule has 0 fully saturated rings. The average Bonchev–Trinajstić information content (AvgIpc) is 2.63. The molecule has 5 heteroatoms. The van der Waals surface area contributed by atoms with Crippen LogP contribution in [0.5, 0.6) is 5.75 Å². The van der Waals surface area contributed by atoms with Crippen molar-refractivity contribution in [2.75, 3.05) is 40.0 Å². The maximum Gasteiger partial charge on any atom is 0.119 e. The number of nitrogens with zero attached hydrogens (tertiary/aromatic N) is 1. The van der Waals surface area contributed by atoms with Gasteiger partial charge in [0.15, 0.2) is 0 Å². The van der Waals surface area contributed by atoms with Crippen LogP contribution < -0.4 is 4.74 Å². The standard InChI is InChI=1S/C20H27NO4/c1-21(16-20(23)18-5-3-2-4-6-18)15-17-7-9-19(10-8-17)25-14-13-24-12-11-22/h2-10,20,22-23H,11-16H2,1H3/t20-/m0/s1. The van der Waals surface area contributed by atoms with E-state index < -0.39 is 6.10 Å². The van der Waals surface area contributed by atoms with Gasteiger partial charge in [-0.05, 0) is 30.3 Å². The van der Waals surface area contributed by atoms with Crippen LogP contribution in [0, 0.1) is 0 Å². The summed E-state index contributed by atoms with van der Waals surface area (Å²) in [6.07, 6.45) is -0.493. The van der Waals surface area contributed by atoms with Crippen molar-refractivity contribution in [1.29, 1.82) is 0 Å². The van der Waals surface area contributed by atoms with Crippen LogP contribution in [0.2, 0.25) is 0 Å². The lowest BCUT2D eigenvalue weighted by Gasteiger charge is -2.21. The molecule has 5 nitrogen and oxygen atoms in total. The van der Waals surface area contributed by atoms with E-state index in [1.807, 2.05) is 61.6 Å². The van der Waals surface area contributed by atoms with Gasteiger partial charge < -0.3 is 19.7 Å². The number of hydrogen-bond donors (Lipinski definition) is 2. The monoisotopic (exact) mass is 345 g/mol. The van der Waals surface area contributed by atoms with Crippen LogP contribution in [-0.2, 0) is 11.3 Å². The first kappa shape index (κ1) is 19.4. The molecule has 0 aliphatic rings. The molecular formula is C20H27NO4. The summed E-state index contributed by atoms with van der Waals surface area (Å²) in [5, 5.41) is 18.9. The molecule has 0 aliphatic carbocycles. The molecule has 25 heavy (non-hydrogen) atoms. The molecule has 2 rings (SSSR count). The molecule has 0 aromatic heterocycles. The van der Waals surface area contributed by atoms with Gasteiger partial charge in [-0.25, -0.2) is 0 Å². The fraction of sp³-hybridized carbons (Fsp3) is 0.400. The summed E-state index contributed by atoms with van der Waals surface area (Å²) in [7, 11) is 2.00. The second kappa shape index (κ2) is 10.8. The Labute approximate surface area is 149 Å². The summed E-state index contributed by atoms with van der Waals surface area (Å²) in [6.45, 7) is 2.61. The number of ether oxygens (including phenoxy) is 2. The smallest absolute Gasteiger partial charge is 0.119 e. The summed E-state index contributed by atoms with van der Waals surface area (Å²) >= 11 is 0. The zero-order valence-electron chi connectivity index (χ0n) is 14.7. The third-order valence-electron chi connectivity index (χ3n) is 3.78. The highest BCUT2D eigenvalue weighted by Gasteiger charge is 2.10. The third-order valence-corrected chi connectivity index (χ3v) is 3.78. The molecule has 0 bridgehead atoms. The molecule has 2 aromatic carbocycles. The normalized spacial score (nSPS) is 12.3. The molecule has 0 heterocycles. The van der Waals surface area contributed by atoms with Crippen LogP contribution in [0.4, 0.5) is 0 Å². The highest BCUT2D eigenvalue weighted by molar-refractivity contribution is 5.27. The van der Waals surface area contributed by atoms with E-state index in [1.54, 1.807) is 0 Å². The number of benzene rings is 2. The Kier molecular flexibility index (Phi) is 8.42. The van der Waals surface area contributed by atoms with Gasteiger partial charge in [-0.3, -0.25) is 4.90 Å². The fourth-order valence-electron chi connectivity index (χ4n) is 2.53. The highest BCUT2D eigenvalue weighted by Crippen LogP contribution is 2.16. The van der Waals surface area contributed by atoms with Crippen molar-refractivity contribution in [2.45, 2.75) is 12.6 Å². The van der Waals surface area contributed by atoms with Gasteiger partial charge in [0.05, 0.1) is 25.9 Å². The Bertz CT molecular complexity index is 588. The maximum absolute atomic E-state index is 10.3. The van der Waals surface area contributed by atoms with Crippen molar-refractivity contribution in [3.8, 4) is 5.75 Å². The second-order valence-electron chi connectivity index (χ2n) is 5.95. The SMILES string of the molecule is CN(Cc1ccc(OCCOCCO)cc1)C[C@H](O)c1ccccc1. The van der Waals surface area contributed by atoms with Gasteiger partial charge in [0, 0.05) is 13.1 Å². The minimum atomic E-state index is -0.493. The molecule has 1 atom stereocenters. The molecule has 2 N–H and O–H groups in total. The van der Waals surface area contributed by atoms with E-state index in [-0.39, 0.29) is 6.61 Å². The Hall–Kier alpha value is -1.92. The minimum Gasteiger partial charge on any atom is -0.491 e. The number of aliphatic hydroxyl groups excluding tert-OH is 2. The number of hydrogen-bond acceptors (Lipinski definition) is 5. The fourth-order valence-corrected chi connectivity index (χ4v) is 2.53. The van der Waals surface area contributed by atoms with Gasteiger partial charge in [-0.1, -0.05) is 42.5 Å². The molecular weight excluding hydrogens is 318 g/mol. The van der Waals surface area contributed by atoms with Crippen LogP contribution in [0.3, 0.4) is 0 Å². The minimum absolute atomic E-state index is 0.0290. The van der Waals surface area contributed by atoms with Crippen molar-refractivity contribution in [3.63, 3.8) is 0 Å². The van der Waals surface area contributed by atoms with Gasteiger partial charge in [-0.15, -0.1) is 0 Å². The first-order chi connectivity index (χ1) is 12.2. The summed E-state index contributed by atoms with van der Waals surface area (Å²) in [4.78, 5) is 2.09. The van der Waals surface area contributed by atoms with Crippen LogP contribution in [0.15, 0.2) is 54.6 Å². The highest BCUT2D eigenvalue weighted by atomic mass is 16.5. The van der Waals surface area contributed by atoms with Crippen LogP contribution in [0.1, 0.15) is 17.2 Å². The quantitative estimate of drug-likeness (QED) is 0.612. The molecule has 136 valence electrons. The predicted molar refractivity (Wildman–Crippen MR) is 97.6 cm³/mol. The summed E-state index contributed by atoms with van der Waals surface area (Å²) < 4.78 is 10.7. The van der Waals surface area contributed by atoms with Crippen molar-refractivity contribution in [1.82, 2.24) is 4.90 Å². The van der Waals surface area contributed by atoms with E-state index in [0.717, 1.165) is 23.4 Å². The molecule has 2 aromatic rings. The topological polar surface area (TPSA) is 62.2 Å². The third kappa shape index (κ3) is 7.23. The average molecular weight is 345 g/mol. The van der Waals surface area contributed by atoms with E-state index in [1.165, 1.54) is 0 Å². The molecule has 0 aliphatic heterocycles. The summed E-state index contributed by atoms with van der Waals surface area (Å²) in [5.74, 6) is 0.795. The Morgan fingerprint density at radius 2 is 1.68 bits per heavy atom. The van der Waals surface area contributed by atoms with E-state index in [2.05, 4.69) is 4.90 Å². The Morgan fingerprint density at radius 3 is 2.36 bits per heavy atom. The van der Waals surface area contributed by atoms with Crippen molar-refractivity contribution in [2.24, 2.45) is 0 Å². The predicted octanol–water partition coefficient (Wildman–Crippen LogP) is 2.24. The van der Waals surface area contributed by atoms with E-state index in [9.17, 15) is 5.11 Å². The Morgan fingerprint density at radius 1 is 0.960 bits per heavy atom. The largest absolute Gasteiger partial charge is 0.491 e. The molecule has 0 radical (unpaired) electrons. The lowest BCUT2D eigenvalue weighted by Crippen LogP contribution is -2.24. The summed E-state index contributed by atoms with van der Waals surface area (Å²) in [6, 6.07) is 17.6. The molecule has 0 amide bonds. The van der Waals surface area contributed by atoms with E-state index >= 15 is 0 Å². The van der Waals surface area contributed by atoms with Gasteiger partial charge in [-0.2, -0.15) is 0 Å². The van der Waals surface area contributed by atoms with Crippen LogP contribution in [0.25, 0.3) is 0 Å². The summed E-state index contributed by atoms with van der Waals surface area (Å²) in [5.41, 5.74) is 2.09. The number of aliphatic hydroxyl groups is 2. The first-order valence-electron chi connectivity index (χ1n) is 8.51. The zero-order valence-corrected chi connectivity index (χ0v) is 14.7. The first-order valence-corrected chi connectivity index (χ1v) is 8.51. The number of rotatable bonds is 11. The zero-order chi connectivity index (χ0) is 17.9. The number of likely N-dealkylation sites (N-methyl/N-ethyl adjacent to an activating group) is 1. The van der Waals surface area contributed by atoms with Crippen molar-refractivity contribution < 1.29 is 19.7 Å². The lowest BCUT2D eigenvalue weighted by atomic mass is 10.1. The molecule has 0 unspecified atom stereocenters. The van der Waals surface area contributed by atoms with Gasteiger partial charge in [0.2, 0.25) is 0 Å². The Balaban J connectivity index is 1.74. The van der Waals surface area contributed by atoms with Crippen molar-refractivity contribution >= 4 is 0 Å². The van der Waals surface area contributed by atoms with E-state index in [0.29, 0.717) is 26.4 Å². The van der Waals surface area contributed by atoms with Gasteiger partial charge >= 0.3 is 0 Å². The van der Waals surface area contributed by atoms with Crippen LogP contribution in [-0.4, -0.2) is 55.1 Å². The van der Waals surface area contributed by atoms with Gasteiger partial charge in [0.25, 0.3) is 0 Å².